The molecule has 4 heteroatoms. The normalized spacial score (nSPS) is 19.6. The van der Waals surface area contributed by atoms with E-state index in [0.29, 0.717) is 30.2 Å². The van der Waals surface area contributed by atoms with Crippen LogP contribution in [0, 0.1) is 17.6 Å². The first-order valence-corrected chi connectivity index (χ1v) is 10.7. The molecule has 0 atom stereocenters. The van der Waals surface area contributed by atoms with Crippen LogP contribution in [-0.4, -0.2) is 12.1 Å². The molecule has 0 spiro atoms. The third-order valence-electron chi connectivity index (χ3n) is 5.91. The number of benzene rings is 1. The molecule has 0 amide bonds. The number of hydrogen-bond donors (Lipinski definition) is 0. The van der Waals surface area contributed by atoms with Crippen LogP contribution in [0.15, 0.2) is 42.6 Å². The Morgan fingerprint density at radius 3 is 2.48 bits per heavy atom. The van der Waals surface area contributed by atoms with E-state index in [1.54, 1.807) is 6.07 Å². The van der Waals surface area contributed by atoms with E-state index in [0.717, 1.165) is 38.5 Å². The van der Waals surface area contributed by atoms with E-state index in [-0.39, 0.29) is 5.75 Å². The number of aromatic nitrogens is 1. The average molecular weight is 400 g/mol. The first-order chi connectivity index (χ1) is 14.1. The minimum absolute atomic E-state index is 0.0481. The van der Waals surface area contributed by atoms with Crippen LogP contribution in [0.3, 0.4) is 0 Å². The summed E-state index contributed by atoms with van der Waals surface area (Å²) in [6, 6.07) is 7.52. The molecule has 0 saturated heterocycles. The van der Waals surface area contributed by atoms with Crippen molar-refractivity contribution < 1.29 is 13.5 Å². The summed E-state index contributed by atoms with van der Waals surface area (Å²) in [6.45, 7) is 2.19. The van der Waals surface area contributed by atoms with E-state index >= 15 is 0 Å². The van der Waals surface area contributed by atoms with Gasteiger partial charge in [0, 0.05) is 17.8 Å². The lowest BCUT2D eigenvalue weighted by molar-refractivity contribution is 0.369. The molecule has 29 heavy (non-hydrogen) atoms. The minimum Gasteiger partial charge on any atom is -0.494 e. The van der Waals surface area contributed by atoms with Gasteiger partial charge in [0.1, 0.15) is 0 Å². The quantitative estimate of drug-likeness (QED) is 0.456. The highest BCUT2D eigenvalue weighted by molar-refractivity contribution is 5.31. The van der Waals surface area contributed by atoms with Crippen molar-refractivity contribution in [1.82, 2.24) is 4.98 Å². The number of ether oxygens (including phenoxy) is 1. The summed E-state index contributed by atoms with van der Waals surface area (Å²) in [4.78, 5) is 4.69. The van der Waals surface area contributed by atoms with Gasteiger partial charge >= 0.3 is 0 Å². The molecule has 1 heterocycles. The maximum absolute atomic E-state index is 14.0. The summed E-state index contributed by atoms with van der Waals surface area (Å²) >= 11 is 0. The smallest absolute Gasteiger partial charge is 0.200 e. The van der Waals surface area contributed by atoms with Crippen molar-refractivity contribution >= 4 is 0 Å². The molecule has 156 valence electrons. The first kappa shape index (κ1) is 21.5. The highest BCUT2D eigenvalue weighted by Gasteiger charge is 2.21. The number of aryl methyl sites for hydroxylation is 2. The minimum atomic E-state index is -0.899. The molecule has 1 aliphatic carbocycles. The number of pyridine rings is 1. The Balaban J connectivity index is 1.45. The van der Waals surface area contributed by atoms with Gasteiger partial charge < -0.3 is 4.74 Å². The molecule has 0 N–H and O–H groups in total. The van der Waals surface area contributed by atoms with Gasteiger partial charge in [0.25, 0.3) is 0 Å². The van der Waals surface area contributed by atoms with Crippen molar-refractivity contribution in [2.45, 2.75) is 64.2 Å². The monoisotopic (exact) mass is 399 g/mol. The predicted molar refractivity (Wildman–Crippen MR) is 113 cm³/mol. The van der Waals surface area contributed by atoms with E-state index in [1.807, 2.05) is 6.20 Å². The van der Waals surface area contributed by atoms with Crippen LogP contribution in [0.1, 0.15) is 68.2 Å². The Kier molecular flexibility index (Phi) is 7.79. The molecule has 2 aromatic rings. The van der Waals surface area contributed by atoms with Gasteiger partial charge in [0.2, 0.25) is 5.82 Å². The van der Waals surface area contributed by atoms with Crippen LogP contribution in [-0.2, 0) is 12.8 Å². The lowest BCUT2D eigenvalue weighted by atomic mass is 9.80. The Labute approximate surface area is 173 Å². The molecule has 1 aromatic heterocycles. The van der Waals surface area contributed by atoms with Crippen LogP contribution < -0.4 is 4.74 Å². The fourth-order valence-electron chi connectivity index (χ4n) is 4.17. The second-order valence-corrected chi connectivity index (χ2v) is 7.97. The maximum Gasteiger partial charge on any atom is 0.200 e. The largest absolute Gasteiger partial charge is 0.494 e. The molecular weight excluding hydrogens is 368 g/mol. The molecule has 1 fully saturated rings. The molecular formula is C25H31F2NO. The summed E-state index contributed by atoms with van der Waals surface area (Å²) in [5.41, 5.74) is 2.94. The average Bonchev–Trinajstić information content (AvgIpc) is 2.75. The number of methoxy groups -OCH3 is 1. The number of allylic oxidation sites excluding steroid dienone is 2. The van der Waals surface area contributed by atoms with Gasteiger partial charge in [-0.2, -0.15) is 4.39 Å². The van der Waals surface area contributed by atoms with Gasteiger partial charge in [0.05, 0.1) is 7.11 Å². The Hall–Kier alpha value is -2.23. The maximum atomic E-state index is 14.0. The van der Waals surface area contributed by atoms with E-state index in [4.69, 9.17) is 4.74 Å². The highest BCUT2D eigenvalue weighted by Crippen LogP contribution is 2.35. The number of rotatable bonds is 8. The van der Waals surface area contributed by atoms with E-state index < -0.39 is 11.6 Å². The molecule has 1 aromatic carbocycles. The predicted octanol–water partition coefficient (Wildman–Crippen LogP) is 6.78. The number of nitrogens with zero attached hydrogens (tertiary/aromatic N) is 1. The lowest BCUT2D eigenvalue weighted by Crippen LogP contribution is -2.13. The van der Waals surface area contributed by atoms with Gasteiger partial charge in [0.15, 0.2) is 11.6 Å². The number of halogens is 2. The zero-order chi connectivity index (χ0) is 20.6. The van der Waals surface area contributed by atoms with Gasteiger partial charge in [-0.1, -0.05) is 37.6 Å². The number of hydrogen-bond acceptors (Lipinski definition) is 2. The van der Waals surface area contributed by atoms with E-state index in [2.05, 4.69) is 36.2 Å². The standard InChI is InChI=1S/C25H31F2NO/c1-3-6-19-11-15-22(28-17-19)20-12-9-18(10-13-20)7-4-5-8-21-14-16-23(29-2)25(27)24(21)26/h4,7,11,14-18,20H,3,5-6,8-10,12-13H2,1-2H3/b7-4+. The molecule has 0 bridgehead atoms. The van der Waals surface area contributed by atoms with Crippen molar-refractivity contribution in [2.75, 3.05) is 7.11 Å². The molecule has 1 saturated carbocycles. The first-order valence-electron chi connectivity index (χ1n) is 10.7. The van der Waals surface area contributed by atoms with Gasteiger partial charge in [-0.25, -0.2) is 4.39 Å². The summed E-state index contributed by atoms with van der Waals surface area (Å²) in [7, 11) is 1.34. The summed E-state index contributed by atoms with van der Waals surface area (Å²) in [5.74, 6) is -0.609. The van der Waals surface area contributed by atoms with Crippen LogP contribution in [0.25, 0.3) is 0 Å². The van der Waals surface area contributed by atoms with E-state index in [1.165, 1.54) is 24.4 Å². The second kappa shape index (κ2) is 10.5. The second-order valence-electron chi connectivity index (χ2n) is 7.97. The van der Waals surface area contributed by atoms with Crippen LogP contribution in [0.4, 0.5) is 8.78 Å². The molecule has 3 rings (SSSR count). The van der Waals surface area contributed by atoms with Gasteiger partial charge in [-0.3, -0.25) is 4.98 Å². The van der Waals surface area contributed by atoms with Crippen molar-refractivity contribution in [3.05, 3.63) is 71.1 Å². The van der Waals surface area contributed by atoms with Crippen LogP contribution in [0.2, 0.25) is 0 Å². The summed E-state index contributed by atoms with van der Waals surface area (Å²) < 4.78 is 32.6. The Morgan fingerprint density at radius 1 is 1.03 bits per heavy atom. The fourth-order valence-corrected chi connectivity index (χ4v) is 4.17. The third kappa shape index (κ3) is 5.65. The van der Waals surface area contributed by atoms with Crippen molar-refractivity contribution in [3.63, 3.8) is 0 Å². The fraction of sp³-hybridized carbons (Fsp3) is 0.480. The molecule has 0 unspecified atom stereocenters. The molecule has 0 radical (unpaired) electrons. The Bertz CT molecular complexity index is 808. The zero-order valence-electron chi connectivity index (χ0n) is 17.5. The zero-order valence-corrected chi connectivity index (χ0v) is 17.5. The molecule has 0 aliphatic heterocycles. The topological polar surface area (TPSA) is 22.1 Å². The van der Waals surface area contributed by atoms with Crippen LogP contribution >= 0.6 is 0 Å². The summed E-state index contributed by atoms with van der Waals surface area (Å²) in [6.07, 6.45) is 14.5. The SMILES string of the molecule is CCCc1ccc(C2CCC(/C=C/CCc3ccc(OC)c(F)c3F)CC2)nc1. The third-order valence-corrected chi connectivity index (χ3v) is 5.91. The van der Waals surface area contributed by atoms with Gasteiger partial charge in [-0.05, 0) is 74.1 Å². The van der Waals surface area contributed by atoms with Crippen molar-refractivity contribution in [2.24, 2.45) is 5.92 Å². The molecule has 1 aliphatic rings. The van der Waals surface area contributed by atoms with E-state index in [9.17, 15) is 8.78 Å². The van der Waals surface area contributed by atoms with Crippen molar-refractivity contribution in [1.29, 1.82) is 0 Å². The molecule has 2 nitrogen and oxygen atoms in total. The van der Waals surface area contributed by atoms with Gasteiger partial charge in [-0.15, -0.1) is 0 Å². The summed E-state index contributed by atoms with van der Waals surface area (Å²) in [5, 5.41) is 0. The Morgan fingerprint density at radius 2 is 1.83 bits per heavy atom. The lowest BCUT2D eigenvalue weighted by Gasteiger charge is -2.26. The highest BCUT2D eigenvalue weighted by atomic mass is 19.2. The van der Waals surface area contributed by atoms with Crippen LogP contribution in [0.5, 0.6) is 5.75 Å². The van der Waals surface area contributed by atoms with Crippen molar-refractivity contribution in [3.8, 4) is 5.75 Å².